The highest BCUT2D eigenvalue weighted by molar-refractivity contribution is 8.13. The van der Waals surface area contributed by atoms with Gasteiger partial charge in [0.05, 0.1) is 11.8 Å². The molecule has 0 spiro atoms. The molecule has 70 valence electrons. The average molecular weight is 198 g/mol. The van der Waals surface area contributed by atoms with Crippen LogP contribution >= 0.6 is 11.8 Å². The van der Waals surface area contributed by atoms with E-state index in [1.165, 1.54) is 24.7 Å². The molecule has 1 aromatic rings. The SMILES string of the molecule is CC(=O)Sc1c(C(C)=O)cnn1C. The van der Waals surface area contributed by atoms with Crippen molar-refractivity contribution in [3.05, 3.63) is 11.8 Å². The van der Waals surface area contributed by atoms with Crippen molar-refractivity contribution >= 4 is 22.7 Å². The van der Waals surface area contributed by atoms with Crippen molar-refractivity contribution in [1.82, 2.24) is 9.78 Å². The molecule has 1 rings (SSSR count). The molecule has 0 fully saturated rings. The van der Waals surface area contributed by atoms with Gasteiger partial charge >= 0.3 is 0 Å². The van der Waals surface area contributed by atoms with Crippen molar-refractivity contribution in [3.63, 3.8) is 0 Å². The predicted molar refractivity (Wildman–Crippen MR) is 49.8 cm³/mol. The van der Waals surface area contributed by atoms with Crippen LogP contribution < -0.4 is 0 Å². The standard InChI is InChI=1S/C8H10N2O2S/c1-5(11)7-4-9-10(3)8(7)13-6(2)12/h4H,1-3H3. The molecule has 1 heterocycles. The highest BCUT2D eigenvalue weighted by atomic mass is 32.2. The minimum Gasteiger partial charge on any atom is -0.294 e. The van der Waals surface area contributed by atoms with Crippen LogP contribution in [-0.4, -0.2) is 20.7 Å². The van der Waals surface area contributed by atoms with Gasteiger partial charge in [-0.05, 0) is 18.7 Å². The first-order valence-corrected chi connectivity index (χ1v) is 4.55. The van der Waals surface area contributed by atoms with Crippen LogP contribution in [0.15, 0.2) is 11.2 Å². The number of rotatable bonds is 2. The van der Waals surface area contributed by atoms with Gasteiger partial charge in [-0.1, -0.05) is 0 Å². The summed E-state index contributed by atoms with van der Waals surface area (Å²) in [5, 5.41) is 4.47. The van der Waals surface area contributed by atoms with E-state index in [0.717, 1.165) is 11.8 Å². The molecule has 0 saturated heterocycles. The quantitative estimate of drug-likeness (QED) is 0.530. The lowest BCUT2D eigenvalue weighted by molar-refractivity contribution is -0.109. The summed E-state index contributed by atoms with van der Waals surface area (Å²) in [7, 11) is 1.71. The number of carbonyl (C=O) groups excluding carboxylic acids is 2. The van der Waals surface area contributed by atoms with Gasteiger partial charge in [0.15, 0.2) is 10.9 Å². The Bertz CT molecular complexity index is 357. The second kappa shape index (κ2) is 3.74. The molecule has 0 N–H and O–H groups in total. The van der Waals surface area contributed by atoms with Gasteiger partial charge in [0.1, 0.15) is 5.03 Å². The van der Waals surface area contributed by atoms with E-state index in [9.17, 15) is 9.59 Å². The summed E-state index contributed by atoms with van der Waals surface area (Å²) in [5.41, 5.74) is 0.503. The Labute approximate surface area is 80.3 Å². The van der Waals surface area contributed by atoms with Crippen molar-refractivity contribution in [2.45, 2.75) is 18.9 Å². The Morgan fingerprint density at radius 3 is 2.54 bits per heavy atom. The highest BCUT2D eigenvalue weighted by Gasteiger charge is 2.14. The Balaban J connectivity index is 3.08. The molecule has 5 heteroatoms. The zero-order valence-electron chi connectivity index (χ0n) is 7.70. The summed E-state index contributed by atoms with van der Waals surface area (Å²) in [5.74, 6) is -0.0724. The molecule has 1 aromatic heterocycles. The molecule has 0 atom stereocenters. The number of Topliss-reactive ketones (excluding diaryl/α,β-unsaturated/α-hetero) is 1. The zero-order chi connectivity index (χ0) is 10.0. The van der Waals surface area contributed by atoms with Crippen LogP contribution in [0.5, 0.6) is 0 Å². The Morgan fingerprint density at radius 1 is 1.46 bits per heavy atom. The minimum absolute atomic E-state index is 0.0499. The average Bonchev–Trinajstić information content (AvgIpc) is 2.32. The van der Waals surface area contributed by atoms with Crippen LogP contribution in [0.1, 0.15) is 24.2 Å². The maximum Gasteiger partial charge on any atom is 0.192 e. The van der Waals surface area contributed by atoms with E-state index >= 15 is 0 Å². The largest absolute Gasteiger partial charge is 0.294 e. The Morgan fingerprint density at radius 2 is 2.08 bits per heavy atom. The number of aryl methyl sites for hydroxylation is 1. The molecular formula is C8H10N2O2S. The molecule has 0 aliphatic carbocycles. The molecular weight excluding hydrogens is 188 g/mol. The number of hydrogen-bond acceptors (Lipinski definition) is 4. The molecule has 0 aliphatic rings. The van der Waals surface area contributed by atoms with E-state index in [1.807, 2.05) is 0 Å². The fourth-order valence-corrected chi connectivity index (χ4v) is 1.68. The second-order valence-electron chi connectivity index (χ2n) is 2.64. The predicted octanol–water partition coefficient (Wildman–Crippen LogP) is 1.26. The maximum absolute atomic E-state index is 11.1. The zero-order valence-corrected chi connectivity index (χ0v) is 8.51. The maximum atomic E-state index is 11.1. The third-order valence-corrected chi connectivity index (χ3v) is 2.47. The fraction of sp³-hybridized carbons (Fsp3) is 0.375. The molecule has 0 bridgehead atoms. The van der Waals surface area contributed by atoms with Crippen LogP contribution in [0.25, 0.3) is 0 Å². The van der Waals surface area contributed by atoms with Crippen molar-refractivity contribution in [1.29, 1.82) is 0 Å². The first-order valence-electron chi connectivity index (χ1n) is 3.73. The molecule has 0 aliphatic heterocycles. The van der Waals surface area contributed by atoms with Gasteiger partial charge in [-0.15, -0.1) is 0 Å². The Kier molecular flexibility index (Phi) is 2.87. The lowest BCUT2D eigenvalue weighted by Gasteiger charge is -1.99. The van der Waals surface area contributed by atoms with Crippen molar-refractivity contribution in [2.24, 2.45) is 7.05 Å². The second-order valence-corrected chi connectivity index (χ2v) is 3.80. The van der Waals surface area contributed by atoms with Gasteiger partial charge in [-0.2, -0.15) is 5.10 Å². The van der Waals surface area contributed by atoms with Crippen LogP contribution in [0.3, 0.4) is 0 Å². The minimum atomic E-state index is -0.0724. The number of aromatic nitrogens is 2. The number of carbonyl (C=O) groups is 2. The van der Waals surface area contributed by atoms with Gasteiger partial charge < -0.3 is 0 Å². The van der Waals surface area contributed by atoms with Gasteiger partial charge in [0, 0.05) is 14.0 Å². The lowest BCUT2D eigenvalue weighted by Crippen LogP contribution is -1.98. The number of nitrogens with zero attached hydrogens (tertiary/aromatic N) is 2. The van der Waals surface area contributed by atoms with Gasteiger partial charge in [-0.25, -0.2) is 0 Å². The van der Waals surface area contributed by atoms with E-state index in [2.05, 4.69) is 5.10 Å². The first-order chi connectivity index (χ1) is 6.02. The number of ketones is 1. The monoisotopic (exact) mass is 198 g/mol. The van der Waals surface area contributed by atoms with Crippen molar-refractivity contribution in [3.8, 4) is 0 Å². The third-order valence-electron chi connectivity index (χ3n) is 1.50. The van der Waals surface area contributed by atoms with E-state index in [1.54, 1.807) is 7.05 Å². The third kappa shape index (κ3) is 2.18. The fourth-order valence-electron chi connectivity index (χ4n) is 0.925. The molecule has 0 aromatic carbocycles. The molecule has 0 amide bonds. The summed E-state index contributed by atoms with van der Waals surface area (Å²) in [6.07, 6.45) is 1.48. The summed E-state index contributed by atoms with van der Waals surface area (Å²) < 4.78 is 1.53. The molecule has 4 nitrogen and oxygen atoms in total. The number of hydrogen-bond donors (Lipinski definition) is 0. The topological polar surface area (TPSA) is 52.0 Å². The lowest BCUT2D eigenvalue weighted by atomic mass is 10.3. The molecule has 0 unspecified atom stereocenters. The van der Waals surface area contributed by atoms with Gasteiger partial charge in [0.2, 0.25) is 0 Å². The van der Waals surface area contributed by atoms with E-state index < -0.39 is 0 Å². The van der Waals surface area contributed by atoms with Crippen LogP contribution in [0.4, 0.5) is 0 Å². The van der Waals surface area contributed by atoms with Crippen molar-refractivity contribution < 1.29 is 9.59 Å². The smallest absolute Gasteiger partial charge is 0.192 e. The van der Waals surface area contributed by atoms with Crippen molar-refractivity contribution in [2.75, 3.05) is 0 Å². The van der Waals surface area contributed by atoms with E-state index in [0.29, 0.717) is 10.6 Å². The van der Waals surface area contributed by atoms with E-state index in [4.69, 9.17) is 0 Å². The Hall–Kier alpha value is -1.10. The highest BCUT2D eigenvalue weighted by Crippen LogP contribution is 2.22. The van der Waals surface area contributed by atoms with Crippen LogP contribution in [-0.2, 0) is 11.8 Å². The summed E-state index contributed by atoms with van der Waals surface area (Å²) in [6, 6.07) is 0. The normalized spacial score (nSPS) is 10.1. The summed E-state index contributed by atoms with van der Waals surface area (Å²) >= 11 is 1.03. The van der Waals surface area contributed by atoms with Crippen LogP contribution in [0.2, 0.25) is 0 Å². The molecule has 0 radical (unpaired) electrons. The van der Waals surface area contributed by atoms with Crippen LogP contribution in [0, 0.1) is 0 Å². The summed E-state index contributed by atoms with van der Waals surface area (Å²) in [4.78, 5) is 21.9. The number of thioether (sulfide) groups is 1. The van der Waals surface area contributed by atoms with Gasteiger partial charge in [-0.3, -0.25) is 14.3 Å². The molecule has 0 saturated carbocycles. The summed E-state index contributed by atoms with van der Waals surface area (Å²) in [6.45, 7) is 2.92. The molecule has 13 heavy (non-hydrogen) atoms. The van der Waals surface area contributed by atoms with E-state index in [-0.39, 0.29) is 10.9 Å². The van der Waals surface area contributed by atoms with Gasteiger partial charge in [0.25, 0.3) is 0 Å². The first kappa shape index (κ1) is 9.98.